The normalized spacial score (nSPS) is 10.6. The number of nitrogens with two attached hydrogens (primary N) is 1. The third-order valence-corrected chi connectivity index (χ3v) is 1.22. The Hall–Kier alpha value is -1.35. The Morgan fingerprint density at radius 1 is 1.64 bits per heavy atom. The van der Waals surface area contributed by atoms with Gasteiger partial charge in [0.25, 0.3) is 0 Å². The molecule has 0 atom stereocenters. The maximum atomic E-state index is 8.46. The number of aliphatic hydroxyl groups excluding tert-OH is 1. The Balaban J connectivity index is 2.79. The molecule has 0 saturated carbocycles. The van der Waals surface area contributed by atoms with Crippen molar-refractivity contribution in [3.05, 3.63) is 30.0 Å². The molecule has 0 saturated heterocycles. The number of pyridine rings is 1. The predicted octanol–water partition coefficient (Wildman–Crippen LogP) is 0.669. The summed E-state index contributed by atoms with van der Waals surface area (Å²) in [7, 11) is 0. The molecule has 58 valence electrons. The minimum absolute atomic E-state index is 0.0439. The summed E-state index contributed by atoms with van der Waals surface area (Å²) in [6.07, 6.45) is 5.07. The van der Waals surface area contributed by atoms with E-state index in [1.165, 1.54) is 0 Å². The van der Waals surface area contributed by atoms with Gasteiger partial charge in [-0.3, -0.25) is 0 Å². The molecule has 1 rings (SSSR count). The molecule has 0 bridgehead atoms. The SMILES string of the molecule is Nc1cc(C=CCO)ccn1. The fraction of sp³-hybridized carbons (Fsp3) is 0.125. The van der Waals surface area contributed by atoms with Gasteiger partial charge in [0.05, 0.1) is 6.61 Å². The van der Waals surface area contributed by atoms with Crippen LogP contribution in [0.2, 0.25) is 0 Å². The number of nitrogen functional groups attached to an aromatic ring is 1. The van der Waals surface area contributed by atoms with Crippen LogP contribution in [0.25, 0.3) is 6.08 Å². The summed E-state index contributed by atoms with van der Waals surface area (Å²) in [6.45, 7) is 0.0439. The molecule has 3 nitrogen and oxygen atoms in total. The monoisotopic (exact) mass is 150 g/mol. The molecular formula is C8H10N2O. The molecule has 1 aromatic heterocycles. The second-order valence-corrected chi connectivity index (χ2v) is 2.10. The highest BCUT2D eigenvalue weighted by molar-refractivity contribution is 5.52. The lowest BCUT2D eigenvalue weighted by molar-refractivity contribution is 0.343. The van der Waals surface area contributed by atoms with Gasteiger partial charge in [-0.25, -0.2) is 4.98 Å². The summed E-state index contributed by atoms with van der Waals surface area (Å²) in [5, 5.41) is 8.46. The lowest BCUT2D eigenvalue weighted by atomic mass is 10.2. The van der Waals surface area contributed by atoms with Crippen molar-refractivity contribution in [2.24, 2.45) is 0 Å². The Morgan fingerprint density at radius 3 is 3.09 bits per heavy atom. The Labute approximate surface area is 65.2 Å². The first kappa shape index (κ1) is 7.75. The minimum atomic E-state index is 0.0439. The predicted molar refractivity (Wildman–Crippen MR) is 44.8 cm³/mol. The molecule has 0 aliphatic carbocycles. The maximum Gasteiger partial charge on any atom is 0.123 e. The fourth-order valence-corrected chi connectivity index (χ4v) is 0.758. The van der Waals surface area contributed by atoms with E-state index >= 15 is 0 Å². The van der Waals surface area contributed by atoms with Crippen LogP contribution in [0.5, 0.6) is 0 Å². The zero-order valence-corrected chi connectivity index (χ0v) is 6.07. The van der Waals surface area contributed by atoms with Crippen molar-refractivity contribution < 1.29 is 5.11 Å². The third kappa shape index (κ3) is 2.39. The largest absolute Gasteiger partial charge is 0.392 e. The highest BCUT2D eigenvalue weighted by Crippen LogP contribution is 2.04. The van der Waals surface area contributed by atoms with Crippen LogP contribution in [-0.4, -0.2) is 16.7 Å². The molecule has 3 heteroatoms. The zero-order valence-electron chi connectivity index (χ0n) is 6.07. The Bertz CT molecular complexity index is 258. The van der Waals surface area contributed by atoms with E-state index in [4.69, 9.17) is 10.8 Å². The van der Waals surface area contributed by atoms with Crippen molar-refractivity contribution in [2.75, 3.05) is 12.3 Å². The van der Waals surface area contributed by atoms with Gasteiger partial charge in [0.15, 0.2) is 0 Å². The van der Waals surface area contributed by atoms with E-state index in [0.29, 0.717) is 5.82 Å². The van der Waals surface area contributed by atoms with Crippen LogP contribution < -0.4 is 5.73 Å². The van der Waals surface area contributed by atoms with E-state index in [2.05, 4.69) is 4.98 Å². The van der Waals surface area contributed by atoms with Crippen LogP contribution in [0.4, 0.5) is 5.82 Å². The summed E-state index contributed by atoms with van der Waals surface area (Å²) in [4.78, 5) is 3.83. The first-order valence-electron chi connectivity index (χ1n) is 3.32. The van der Waals surface area contributed by atoms with E-state index in [1.54, 1.807) is 24.4 Å². The number of aromatic nitrogens is 1. The minimum Gasteiger partial charge on any atom is -0.392 e. The van der Waals surface area contributed by atoms with Gasteiger partial charge in [0.1, 0.15) is 5.82 Å². The van der Waals surface area contributed by atoms with Crippen LogP contribution >= 0.6 is 0 Å². The number of aliphatic hydroxyl groups is 1. The summed E-state index contributed by atoms with van der Waals surface area (Å²) in [5.41, 5.74) is 6.37. The van der Waals surface area contributed by atoms with Crippen LogP contribution in [0.15, 0.2) is 24.4 Å². The van der Waals surface area contributed by atoms with E-state index in [0.717, 1.165) is 5.56 Å². The topological polar surface area (TPSA) is 59.1 Å². The molecule has 1 heterocycles. The number of rotatable bonds is 2. The molecule has 0 radical (unpaired) electrons. The van der Waals surface area contributed by atoms with Crippen molar-refractivity contribution in [2.45, 2.75) is 0 Å². The van der Waals surface area contributed by atoms with E-state index in [-0.39, 0.29) is 6.61 Å². The first-order chi connectivity index (χ1) is 5.33. The molecule has 0 aliphatic rings. The Morgan fingerprint density at radius 2 is 2.45 bits per heavy atom. The molecule has 0 fully saturated rings. The summed E-state index contributed by atoms with van der Waals surface area (Å²) in [6, 6.07) is 3.56. The molecular weight excluding hydrogens is 140 g/mol. The molecule has 3 N–H and O–H groups in total. The lowest BCUT2D eigenvalue weighted by Crippen LogP contribution is -1.88. The van der Waals surface area contributed by atoms with E-state index in [9.17, 15) is 0 Å². The lowest BCUT2D eigenvalue weighted by Gasteiger charge is -1.93. The summed E-state index contributed by atoms with van der Waals surface area (Å²) < 4.78 is 0. The Kier molecular flexibility index (Phi) is 2.63. The van der Waals surface area contributed by atoms with Gasteiger partial charge in [0, 0.05) is 6.20 Å². The van der Waals surface area contributed by atoms with Gasteiger partial charge in [0.2, 0.25) is 0 Å². The molecule has 0 amide bonds. The van der Waals surface area contributed by atoms with Gasteiger partial charge in [-0.15, -0.1) is 0 Å². The molecule has 1 aromatic rings. The average molecular weight is 150 g/mol. The van der Waals surface area contributed by atoms with Gasteiger partial charge >= 0.3 is 0 Å². The van der Waals surface area contributed by atoms with Crippen molar-refractivity contribution >= 4 is 11.9 Å². The van der Waals surface area contributed by atoms with Crippen LogP contribution in [0.3, 0.4) is 0 Å². The highest BCUT2D eigenvalue weighted by Gasteiger charge is 1.86. The van der Waals surface area contributed by atoms with Crippen molar-refractivity contribution in [3.63, 3.8) is 0 Å². The van der Waals surface area contributed by atoms with Gasteiger partial charge < -0.3 is 10.8 Å². The summed E-state index contributed by atoms with van der Waals surface area (Å²) in [5.74, 6) is 0.491. The second kappa shape index (κ2) is 3.73. The third-order valence-electron chi connectivity index (χ3n) is 1.22. The number of hydrogen-bond acceptors (Lipinski definition) is 3. The van der Waals surface area contributed by atoms with E-state index < -0.39 is 0 Å². The molecule has 0 aromatic carbocycles. The zero-order chi connectivity index (χ0) is 8.10. The average Bonchev–Trinajstić information content (AvgIpc) is 2.01. The van der Waals surface area contributed by atoms with Crippen molar-refractivity contribution in [1.82, 2.24) is 4.98 Å². The molecule has 11 heavy (non-hydrogen) atoms. The molecule has 0 spiro atoms. The van der Waals surface area contributed by atoms with Crippen molar-refractivity contribution in [3.8, 4) is 0 Å². The van der Waals surface area contributed by atoms with Crippen LogP contribution in [0, 0.1) is 0 Å². The number of nitrogens with zero attached hydrogens (tertiary/aromatic N) is 1. The van der Waals surface area contributed by atoms with Crippen molar-refractivity contribution in [1.29, 1.82) is 0 Å². The smallest absolute Gasteiger partial charge is 0.123 e. The van der Waals surface area contributed by atoms with Gasteiger partial charge in [-0.2, -0.15) is 0 Å². The number of anilines is 1. The van der Waals surface area contributed by atoms with Crippen LogP contribution in [-0.2, 0) is 0 Å². The number of hydrogen-bond donors (Lipinski definition) is 2. The molecule has 0 unspecified atom stereocenters. The molecule has 0 aliphatic heterocycles. The standard InChI is InChI=1S/C8H10N2O/c9-8-6-7(2-1-5-11)3-4-10-8/h1-4,6,11H,5H2,(H2,9,10). The van der Waals surface area contributed by atoms with Gasteiger partial charge in [-0.1, -0.05) is 12.2 Å². The summed E-state index contributed by atoms with van der Waals surface area (Å²) >= 11 is 0. The van der Waals surface area contributed by atoms with Crippen LogP contribution in [0.1, 0.15) is 5.56 Å². The highest BCUT2D eigenvalue weighted by atomic mass is 16.2. The first-order valence-corrected chi connectivity index (χ1v) is 3.32. The quantitative estimate of drug-likeness (QED) is 0.651. The maximum absolute atomic E-state index is 8.46. The van der Waals surface area contributed by atoms with E-state index in [1.807, 2.05) is 6.07 Å². The fourth-order valence-electron chi connectivity index (χ4n) is 0.758. The second-order valence-electron chi connectivity index (χ2n) is 2.10. The van der Waals surface area contributed by atoms with Gasteiger partial charge in [-0.05, 0) is 17.7 Å².